The van der Waals surface area contributed by atoms with E-state index in [9.17, 15) is 9.90 Å². The molecule has 2 amide bonds. The SMILES string of the molecule is CC1Cc2ccccc2C1NC(=O)N(CCO)Cc1ccccc1. The number of nitrogens with one attached hydrogen (secondary N) is 1. The fourth-order valence-electron chi connectivity index (χ4n) is 3.42. The van der Waals surface area contributed by atoms with Crippen molar-refractivity contribution in [3.05, 3.63) is 71.3 Å². The van der Waals surface area contributed by atoms with Gasteiger partial charge in [-0.15, -0.1) is 0 Å². The number of benzene rings is 2. The lowest BCUT2D eigenvalue weighted by molar-refractivity contribution is 0.168. The molecule has 3 rings (SSSR count). The number of carbonyl (C=O) groups excluding carboxylic acids is 1. The first-order chi connectivity index (χ1) is 11.7. The molecule has 2 unspecified atom stereocenters. The van der Waals surface area contributed by atoms with Crippen LogP contribution in [0, 0.1) is 5.92 Å². The van der Waals surface area contributed by atoms with Gasteiger partial charge in [-0.1, -0.05) is 61.5 Å². The normalized spacial score (nSPS) is 18.9. The standard InChI is InChI=1S/C20H24N2O2/c1-15-13-17-9-5-6-10-18(17)19(15)21-20(24)22(11-12-23)14-16-7-3-2-4-8-16/h2-10,15,19,23H,11-14H2,1H3,(H,21,24). The highest BCUT2D eigenvalue weighted by Crippen LogP contribution is 2.35. The molecule has 1 aliphatic carbocycles. The van der Waals surface area contributed by atoms with Crippen molar-refractivity contribution in [1.29, 1.82) is 0 Å². The molecule has 0 spiro atoms. The predicted molar refractivity (Wildman–Crippen MR) is 94.5 cm³/mol. The molecule has 0 saturated carbocycles. The number of amides is 2. The number of rotatable bonds is 5. The van der Waals surface area contributed by atoms with Crippen molar-refractivity contribution >= 4 is 6.03 Å². The lowest BCUT2D eigenvalue weighted by atomic mass is 10.0. The fourth-order valence-corrected chi connectivity index (χ4v) is 3.42. The Labute approximate surface area is 143 Å². The van der Waals surface area contributed by atoms with Gasteiger partial charge in [0, 0.05) is 13.1 Å². The molecule has 0 fully saturated rings. The fraction of sp³-hybridized carbons (Fsp3) is 0.350. The molecule has 4 nitrogen and oxygen atoms in total. The molecule has 0 saturated heterocycles. The predicted octanol–water partition coefficient (Wildman–Crippen LogP) is 3.12. The summed E-state index contributed by atoms with van der Waals surface area (Å²) in [5.74, 6) is 0.374. The molecule has 0 aromatic heterocycles. The maximum atomic E-state index is 12.8. The molecular weight excluding hydrogens is 300 g/mol. The molecular formula is C20H24N2O2. The van der Waals surface area contributed by atoms with Gasteiger partial charge < -0.3 is 15.3 Å². The zero-order valence-corrected chi connectivity index (χ0v) is 14.0. The summed E-state index contributed by atoms with van der Waals surface area (Å²) in [6.07, 6.45) is 0.986. The molecule has 2 aromatic carbocycles. The van der Waals surface area contributed by atoms with E-state index in [-0.39, 0.29) is 18.7 Å². The second-order valence-electron chi connectivity index (χ2n) is 6.44. The van der Waals surface area contributed by atoms with E-state index >= 15 is 0 Å². The summed E-state index contributed by atoms with van der Waals surface area (Å²) in [6.45, 7) is 2.94. The van der Waals surface area contributed by atoms with Crippen molar-refractivity contribution in [1.82, 2.24) is 10.2 Å². The third kappa shape index (κ3) is 3.60. The highest BCUT2D eigenvalue weighted by atomic mass is 16.3. The van der Waals surface area contributed by atoms with Crippen molar-refractivity contribution in [2.45, 2.75) is 25.9 Å². The third-order valence-electron chi connectivity index (χ3n) is 4.65. The van der Waals surface area contributed by atoms with Crippen LogP contribution in [0.1, 0.15) is 29.7 Å². The van der Waals surface area contributed by atoms with Gasteiger partial charge in [-0.3, -0.25) is 0 Å². The Morgan fingerprint density at radius 3 is 2.62 bits per heavy atom. The minimum Gasteiger partial charge on any atom is -0.395 e. The first-order valence-electron chi connectivity index (χ1n) is 8.47. The van der Waals surface area contributed by atoms with Gasteiger partial charge in [0.2, 0.25) is 0 Å². The number of hydrogen-bond acceptors (Lipinski definition) is 2. The number of carbonyl (C=O) groups is 1. The maximum Gasteiger partial charge on any atom is 0.318 e. The van der Waals surface area contributed by atoms with E-state index in [0.29, 0.717) is 19.0 Å². The number of urea groups is 1. The van der Waals surface area contributed by atoms with Crippen molar-refractivity contribution in [3.63, 3.8) is 0 Å². The van der Waals surface area contributed by atoms with Crippen LogP contribution < -0.4 is 5.32 Å². The number of hydrogen-bond donors (Lipinski definition) is 2. The van der Waals surface area contributed by atoms with Crippen LogP contribution in [-0.2, 0) is 13.0 Å². The molecule has 0 heterocycles. The second kappa shape index (κ2) is 7.49. The van der Waals surface area contributed by atoms with Crippen LogP contribution in [0.4, 0.5) is 4.79 Å². The Morgan fingerprint density at radius 2 is 1.88 bits per heavy atom. The Bertz CT molecular complexity index is 687. The Hall–Kier alpha value is -2.33. The van der Waals surface area contributed by atoms with E-state index in [1.54, 1.807) is 4.90 Å². The summed E-state index contributed by atoms with van der Waals surface area (Å²) in [7, 11) is 0. The highest BCUT2D eigenvalue weighted by Gasteiger charge is 2.31. The second-order valence-corrected chi connectivity index (χ2v) is 6.44. The minimum absolute atomic E-state index is 0.0330. The van der Waals surface area contributed by atoms with Gasteiger partial charge in [-0.25, -0.2) is 4.79 Å². The van der Waals surface area contributed by atoms with E-state index in [2.05, 4.69) is 24.4 Å². The van der Waals surface area contributed by atoms with Crippen LogP contribution in [0.25, 0.3) is 0 Å². The van der Waals surface area contributed by atoms with E-state index in [1.165, 1.54) is 11.1 Å². The van der Waals surface area contributed by atoms with E-state index < -0.39 is 0 Å². The summed E-state index contributed by atoms with van der Waals surface area (Å²) < 4.78 is 0. The van der Waals surface area contributed by atoms with Gasteiger partial charge in [-0.05, 0) is 29.0 Å². The third-order valence-corrected chi connectivity index (χ3v) is 4.65. The number of nitrogens with zero attached hydrogens (tertiary/aromatic N) is 1. The minimum atomic E-state index is -0.124. The van der Waals surface area contributed by atoms with Gasteiger partial charge in [-0.2, -0.15) is 0 Å². The number of aliphatic hydroxyl groups excluding tert-OH is 1. The molecule has 2 aromatic rings. The monoisotopic (exact) mass is 324 g/mol. The van der Waals surface area contributed by atoms with Gasteiger partial charge in [0.15, 0.2) is 0 Å². The van der Waals surface area contributed by atoms with Crippen LogP contribution in [0.15, 0.2) is 54.6 Å². The zero-order valence-electron chi connectivity index (χ0n) is 14.0. The van der Waals surface area contributed by atoms with E-state index in [4.69, 9.17) is 0 Å². The molecule has 2 atom stereocenters. The number of aliphatic hydroxyl groups is 1. The average molecular weight is 324 g/mol. The van der Waals surface area contributed by atoms with Crippen LogP contribution in [0.2, 0.25) is 0 Å². The zero-order chi connectivity index (χ0) is 16.9. The van der Waals surface area contributed by atoms with Gasteiger partial charge in [0.05, 0.1) is 12.6 Å². The average Bonchev–Trinajstić information content (AvgIpc) is 2.91. The van der Waals surface area contributed by atoms with Crippen LogP contribution in [0.3, 0.4) is 0 Å². The molecule has 2 N–H and O–H groups in total. The van der Waals surface area contributed by atoms with Crippen LogP contribution in [-0.4, -0.2) is 29.2 Å². The summed E-state index contributed by atoms with van der Waals surface area (Å²) in [6, 6.07) is 18.1. The van der Waals surface area contributed by atoms with Crippen molar-refractivity contribution < 1.29 is 9.90 Å². The molecule has 126 valence electrons. The van der Waals surface area contributed by atoms with Crippen LogP contribution in [0.5, 0.6) is 0 Å². The van der Waals surface area contributed by atoms with Crippen molar-refractivity contribution in [3.8, 4) is 0 Å². The van der Waals surface area contributed by atoms with Crippen molar-refractivity contribution in [2.75, 3.05) is 13.2 Å². The van der Waals surface area contributed by atoms with E-state index in [0.717, 1.165) is 12.0 Å². The maximum absolute atomic E-state index is 12.8. The van der Waals surface area contributed by atoms with Gasteiger partial charge in [0.25, 0.3) is 0 Å². The van der Waals surface area contributed by atoms with Crippen molar-refractivity contribution in [2.24, 2.45) is 5.92 Å². The van der Waals surface area contributed by atoms with Gasteiger partial charge in [0.1, 0.15) is 0 Å². The quantitative estimate of drug-likeness (QED) is 0.888. The molecule has 0 aliphatic heterocycles. The molecule has 0 bridgehead atoms. The first-order valence-corrected chi connectivity index (χ1v) is 8.47. The first kappa shape index (κ1) is 16.5. The van der Waals surface area contributed by atoms with E-state index in [1.807, 2.05) is 42.5 Å². The number of fused-ring (bicyclic) bond motifs is 1. The largest absolute Gasteiger partial charge is 0.395 e. The van der Waals surface area contributed by atoms with Crippen LogP contribution >= 0.6 is 0 Å². The smallest absolute Gasteiger partial charge is 0.318 e. The Kier molecular flexibility index (Phi) is 5.16. The molecule has 1 aliphatic rings. The lowest BCUT2D eigenvalue weighted by Gasteiger charge is -2.26. The summed E-state index contributed by atoms with van der Waals surface area (Å²) >= 11 is 0. The highest BCUT2D eigenvalue weighted by molar-refractivity contribution is 5.75. The molecule has 24 heavy (non-hydrogen) atoms. The summed E-state index contributed by atoms with van der Waals surface area (Å²) in [5.41, 5.74) is 3.58. The Balaban J connectivity index is 1.72. The Morgan fingerprint density at radius 1 is 1.17 bits per heavy atom. The molecule has 0 radical (unpaired) electrons. The summed E-state index contributed by atoms with van der Waals surface area (Å²) in [5, 5.41) is 12.5. The topological polar surface area (TPSA) is 52.6 Å². The lowest BCUT2D eigenvalue weighted by Crippen LogP contribution is -2.43. The summed E-state index contributed by atoms with van der Waals surface area (Å²) in [4.78, 5) is 14.4. The van der Waals surface area contributed by atoms with Gasteiger partial charge >= 0.3 is 6.03 Å². The molecule has 4 heteroatoms.